The smallest absolute Gasteiger partial charge is 0.246 e. The van der Waals surface area contributed by atoms with Gasteiger partial charge in [0, 0.05) is 7.11 Å². The Morgan fingerprint density at radius 2 is 2.07 bits per heavy atom. The van der Waals surface area contributed by atoms with E-state index in [-0.39, 0.29) is 24.0 Å². The zero-order valence-electron chi connectivity index (χ0n) is 8.27. The Hall–Kier alpha value is -0.620. The standard InChI is InChI=1S/C10H13N2O.HI/c1-11-7-12(8-13-2)10-6-4-3-5-9(10)11;/h3-7H,8H2,1-2H3;1H/q+1;/p-1. The van der Waals surface area contributed by atoms with E-state index in [2.05, 4.69) is 21.3 Å². The van der Waals surface area contributed by atoms with Crippen molar-refractivity contribution < 1.29 is 33.3 Å². The molecular formula is C10H13IN2O. The van der Waals surface area contributed by atoms with E-state index in [4.69, 9.17) is 4.74 Å². The van der Waals surface area contributed by atoms with Crippen molar-refractivity contribution >= 4 is 11.0 Å². The summed E-state index contributed by atoms with van der Waals surface area (Å²) in [7, 11) is 3.74. The van der Waals surface area contributed by atoms with Crippen LogP contribution >= 0.6 is 0 Å². The minimum atomic E-state index is 0. The molecule has 0 amide bonds. The average molecular weight is 304 g/mol. The highest BCUT2D eigenvalue weighted by atomic mass is 127. The van der Waals surface area contributed by atoms with Gasteiger partial charge in [-0.15, -0.1) is 0 Å². The predicted molar refractivity (Wildman–Crippen MR) is 50.1 cm³/mol. The summed E-state index contributed by atoms with van der Waals surface area (Å²) in [5.41, 5.74) is 2.42. The fourth-order valence-corrected chi connectivity index (χ4v) is 1.58. The van der Waals surface area contributed by atoms with Crippen molar-refractivity contribution in [2.24, 2.45) is 7.05 Å². The van der Waals surface area contributed by atoms with Crippen LogP contribution in [0.15, 0.2) is 30.6 Å². The molecule has 76 valence electrons. The highest BCUT2D eigenvalue weighted by molar-refractivity contribution is 5.71. The molecule has 0 aliphatic heterocycles. The first-order chi connectivity index (χ1) is 6.33. The van der Waals surface area contributed by atoms with E-state index in [1.165, 1.54) is 11.0 Å². The number of methoxy groups -OCH3 is 1. The van der Waals surface area contributed by atoms with Gasteiger partial charge in [0.1, 0.15) is 0 Å². The van der Waals surface area contributed by atoms with Crippen molar-refractivity contribution in [3.05, 3.63) is 30.6 Å². The van der Waals surface area contributed by atoms with Crippen LogP contribution in [0.25, 0.3) is 11.0 Å². The van der Waals surface area contributed by atoms with E-state index in [1.54, 1.807) is 7.11 Å². The second-order valence-corrected chi connectivity index (χ2v) is 3.10. The molecule has 0 aliphatic carbocycles. The van der Waals surface area contributed by atoms with Crippen molar-refractivity contribution in [3.63, 3.8) is 0 Å². The van der Waals surface area contributed by atoms with E-state index in [9.17, 15) is 0 Å². The second-order valence-electron chi connectivity index (χ2n) is 3.10. The highest BCUT2D eigenvalue weighted by Gasteiger charge is 2.10. The largest absolute Gasteiger partial charge is 1.00 e. The maximum atomic E-state index is 5.10. The Morgan fingerprint density at radius 3 is 2.79 bits per heavy atom. The van der Waals surface area contributed by atoms with Gasteiger partial charge in [-0.25, -0.2) is 9.13 Å². The van der Waals surface area contributed by atoms with Crippen LogP contribution < -0.4 is 28.5 Å². The summed E-state index contributed by atoms with van der Waals surface area (Å²) in [4.78, 5) is 0. The second kappa shape index (κ2) is 4.75. The molecule has 14 heavy (non-hydrogen) atoms. The molecule has 0 aliphatic rings. The molecule has 1 heterocycles. The number of para-hydroxylation sites is 2. The van der Waals surface area contributed by atoms with Gasteiger partial charge in [-0.1, -0.05) is 12.1 Å². The first kappa shape index (κ1) is 11.5. The Kier molecular flexibility index (Phi) is 3.88. The summed E-state index contributed by atoms with van der Waals surface area (Å²) >= 11 is 0. The number of aryl methyl sites for hydroxylation is 1. The number of fused-ring (bicyclic) bond motifs is 1. The van der Waals surface area contributed by atoms with E-state index in [0.29, 0.717) is 6.73 Å². The number of benzene rings is 1. The van der Waals surface area contributed by atoms with E-state index >= 15 is 0 Å². The van der Waals surface area contributed by atoms with E-state index < -0.39 is 0 Å². The topological polar surface area (TPSA) is 18.0 Å². The molecule has 1 aromatic carbocycles. The molecule has 2 rings (SSSR count). The van der Waals surface area contributed by atoms with Crippen LogP contribution in [0.3, 0.4) is 0 Å². The van der Waals surface area contributed by atoms with Crippen LogP contribution in [0.4, 0.5) is 0 Å². The molecule has 0 atom stereocenters. The quantitative estimate of drug-likeness (QED) is 0.467. The highest BCUT2D eigenvalue weighted by Crippen LogP contribution is 2.09. The first-order valence-electron chi connectivity index (χ1n) is 4.25. The van der Waals surface area contributed by atoms with Crippen LogP contribution in [0.5, 0.6) is 0 Å². The molecular weight excluding hydrogens is 291 g/mol. The number of hydrogen-bond acceptors (Lipinski definition) is 1. The molecule has 0 fully saturated rings. The average Bonchev–Trinajstić information content (AvgIpc) is 2.46. The van der Waals surface area contributed by atoms with Gasteiger partial charge in [-0.3, -0.25) is 0 Å². The number of aromatic nitrogens is 2. The lowest BCUT2D eigenvalue weighted by molar-refractivity contribution is -0.646. The molecule has 0 radical (unpaired) electrons. The summed E-state index contributed by atoms with van der Waals surface area (Å²) in [5.74, 6) is 0. The summed E-state index contributed by atoms with van der Waals surface area (Å²) in [5, 5.41) is 0. The Morgan fingerprint density at radius 1 is 1.36 bits per heavy atom. The lowest BCUT2D eigenvalue weighted by Gasteiger charge is -1.92. The molecule has 0 saturated heterocycles. The molecule has 3 nitrogen and oxygen atoms in total. The number of rotatable bonds is 2. The van der Waals surface area contributed by atoms with E-state index in [0.717, 1.165) is 0 Å². The zero-order valence-corrected chi connectivity index (χ0v) is 10.4. The molecule has 2 aromatic rings. The van der Waals surface area contributed by atoms with Crippen LogP contribution in [-0.4, -0.2) is 11.7 Å². The minimum Gasteiger partial charge on any atom is -1.00 e. The Bertz CT molecular complexity index is 425. The van der Waals surface area contributed by atoms with Gasteiger partial charge >= 0.3 is 0 Å². The predicted octanol–water partition coefficient (Wildman–Crippen LogP) is -1.93. The van der Waals surface area contributed by atoms with Crippen LogP contribution in [0, 0.1) is 0 Å². The van der Waals surface area contributed by atoms with E-state index in [1.807, 2.05) is 25.5 Å². The lowest BCUT2D eigenvalue weighted by Crippen LogP contribution is -3.00. The van der Waals surface area contributed by atoms with Crippen LogP contribution in [0.1, 0.15) is 0 Å². The molecule has 0 saturated carbocycles. The van der Waals surface area contributed by atoms with Crippen LogP contribution in [-0.2, 0) is 18.5 Å². The van der Waals surface area contributed by atoms with Crippen molar-refractivity contribution in [3.8, 4) is 0 Å². The fourth-order valence-electron chi connectivity index (χ4n) is 1.58. The van der Waals surface area contributed by atoms with Crippen molar-refractivity contribution in [1.82, 2.24) is 4.57 Å². The molecule has 4 heteroatoms. The molecule has 0 bridgehead atoms. The fraction of sp³-hybridized carbons (Fsp3) is 0.300. The summed E-state index contributed by atoms with van der Waals surface area (Å²) in [6.45, 7) is 0.599. The van der Waals surface area contributed by atoms with Gasteiger partial charge in [0.2, 0.25) is 6.33 Å². The number of hydrogen-bond donors (Lipinski definition) is 0. The molecule has 0 unspecified atom stereocenters. The normalized spacial score (nSPS) is 10.1. The maximum Gasteiger partial charge on any atom is 0.246 e. The van der Waals surface area contributed by atoms with Crippen molar-refractivity contribution in [1.29, 1.82) is 0 Å². The van der Waals surface area contributed by atoms with Crippen molar-refractivity contribution in [2.45, 2.75) is 6.73 Å². The molecule has 0 N–H and O–H groups in total. The van der Waals surface area contributed by atoms with Crippen LogP contribution in [0.2, 0.25) is 0 Å². The number of imidazole rings is 1. The van der Waals surface area contributed by atoms with Gasteiger partial charge in [-0.05, 0) is 12.1 Å². The third-order valence-electron chi connectivity index (χ3n) is 2.15. The van der Waals surface area contributed by atoms with Gasteiger partial charge in [0.15, 0.2) is 17.8 Å². The minimum absolute atomic E-state index is 0. The third kappa shape index (κ3) is 1.90. The number of ether oxygens (including phenoxy) is 1. The van der Waals surface area contributed by atoms with Gasteiger partial charge in [0.05, 0.1) is 7.05 Å². The zero-order chi connectivity index (χ0) is 9.26. The Balaban J connectivity index is 0.000000980. The lowest BCUT2D eigenvalue weighted by atomic mass is 10.3. The summed E-state index contributed by atoms with van der Waals surface area (Å²) in [6, 6.07) is 8.27. The first-order valence-corrected chi connectivity index (χ1v) is 4.25. The summed E-state index contributed by atoms with van der Waals surface area (Å²) < 4.78 is 9.27. The van der Waals surface area contributed by atoms with Gasteiger partial charge in [-0.2, -0.15) is 0 Å². The van der Waals surface area contributed by atoms with Crippen molar-refractivity contribution in [2.75, 3.05) is 7.11 Å². The Labute approximate surface area is 100 Å². The SMILES string of the molecule is COCn1c[n+](C)c2ccccc21.[I-]. The van der Waals surface area contributed by atoms with Gasteiger partial charge in [0.25, 0.3) is 0 Å². The van der Waals surface area contributed by atoms with Gasteiger partial charge < -0.3 is 28.7 Å². The summed E-state index contributed by atoms with van der Waals surface area (Å²) in [6.07, 6.45) is 2.04. The number of nitrogens with zero attached hydrogens (tertiary/aromatic N) is 2. The maximum absolute atomic E-state index is 5.10. The third-order valence-corrected chi connectivity index (χ3v) is 2.15. The molecule has 0 spiro atoms. The molecule has 1 aromatic heterocycles. The number of halogens is 1. The monoisotopic (exact) mass is 304 g/mol.